The Morgan fingerprint density at radius 2 is 1.89 bits per heavy atom. The number of hydrogen-bond donors (Lipinski definition) is 2. The van der Waals surface area contributed by atoms with Crippen LogP contribution in [0.2, 0.25) is 0 Å². The Morgan fingerprint density at radius 1 is 1.08 bits per heavy atom. The Hall–Kier alpha value is -2.97. The number of fused-ring (bicyclic) bond motifs is 2. The highest BCUT2D eigenvalue weighted by Crippen LogP contribution is 2.38. The number of hydrogen-bond acceptors (Lipinski definition) is 6. The number of thiazole rings is 1. The smallest absolute Gasteiger partial charge is 0.270 e. The van der Waals surface area contributed by atoms with E-state index in [1.807, 2.05) is 35.3 Å². The van der Waals surface area contributed by atoms with Crippen molar-refractivity contribution in [2.75, 3.05) is 32.4 Å². The number of carbonyl (C=O) groups excluding carboxylic acids is 1. The molecule has 0 unspecified atom stereocenters. The molecule has 36 heavy (non-hydrogen) atoms. The summed E-state index contributed by atoms with van der Waals surface area (Å²) in [4.78, 5) is 31.1. The second kappa shape index (κ2) is 9.16. The number of aromatic amines is 1. The third kappa shape index (κ3) is 4.26. The van der Waals surface area contributed by atoms with Gasteiger partial charge in [-0.25, -0.2) is 9.97 Å². The monoisotopic (exact) mass is 502 g/mol. The molecule has 3 aromatic heterocycles. The van der Waals surface area contributed by atoms with Crippen LogP contribution >= 0.6 is 11.3 Å². The van der Waals surface area contributed by atoms with Crippen molar-refractivity contribution < 1.29 is 4.79 Å². The van der Waals surface area contributed by atoms with Crippen LogP contribution in [0.3, 0.4) is 0 Å². The third-order valence-electron chi connectivity index (χ3n) is 8.02. The van der Waals surface area contributed by atoms with Gasteiger partial charge in [0.25, 0.3) is 5.91 Å². The Labute approximate surface area is 215 Å². The molecule has 4 aromatic rings. The first-order valence-electron chi connectivity index (χ1n) is 13.0. The van der Waals surface area contributed by atoms with Crippen molar-refractivity contribution in [2.24, 2.45) is 5.92 Å². The molecule has 2 aliphatic rings. The number of nitrogens with two attached hydrogens (primary N) is 1. The minimum atomic E-state index is 0.0196. The number of benzene rings is 1. The van der Waals surface area contributed by atoms with E-state index in [9.17, 15) is 4.79 Å². The minimum Gasteiger partial charge on any atom is -0.383 e. The number of aromatic nitrogens is 3. The van der Waals surface area contributed by atoms with Crippen LogP contribution in [0.4, 0.5) is 5.82 Å². The summed E-state index contributed by atoms with van der Waals surface area (Å²) in [6.45, 7) is 7.17. The van der Waals surface area contributed by atoms with Gasteiger partial charge in [0.1, 0.15) is 11.5 Å². The molecule has 2 saturated heterocycles. The highest BCUT2D eigenvalue weighted by molar-refractivity contribution is 7.18. The van der Waals surface area contributed by atoms with Crippen molar-refractivity contribution in [1.29, 1.82) is 0 Å². The SMILES string of the molecule is Cc1cc2[nH]c(C(=O)N3C[C@@H](C)CC[C@@H]3c3ccc4sc(C5CCN(C)CC5)nc4c3)cc2nc1N. The largest absolute Gasteiger partial charge is 0.383 e. The van der Waals surface area contributed by atoms with Gasteiger partial charge in [-0.3, -0.25) is 4.79 Å². The zero-order valence-electron chi connectivity index (χ0n) is 21.3. The van der Waals surface area contributed by atoms with E-state index in [-0.39, 0.29) is 11.9 Å². The summed E-state index contributed by atoms with van der Waals surface area (Å²) >= 11 is 1.84. The van der Waals surface area contributed by atoms with Crippen LogP contribution in [0.1, 0.15) is 71.2 Å². The molecule has 6 rings (SSSR count). The number of amides is 1. The van der Waals surface area contributed by atoms with Crippen molar-refractivity contribution in [2.45, 2.75) is 51.5 Å². The average molecular weight is 503 g/mol. The Morgan fingerprint density at radius 3 is 2.69 bits per heavy atom. The first-order chi connectivity index (χ1) is 17.4. The number of nitrogen functional groups attached to an aromatic ring is 1. The number of rotatable bonds is 3. The molecule has 2 fully saturated rings. The number of likely N-dealkylation sites (tertiary alicyclic amines) is 2. The molecule has 0 radical (unpaired) electrons. The molecule has 0 aliphatic carbocycles. The first kappa shape index (κ1) is 23.4. The summed E-state index contributed by atoms with van der Waals surface area (Å²) in [5, 5.41) is 1.26. The number of nitrogens with zero attached hydrogens (tertiary/aromatic N) is 4. The second-order valence-electron chi connectivity index (χ2n) is 10.8. The molecule has 2 atom stereocenters. The van der Waals surface area contributed by atoms with Gasteiger partial charge in [-0.1, -0.05) is 13.0 Å². The van der Waals surface area contributed by atoms with Crippen LogP contribution in [-0.2, 0) is 0 Å². The van der Waals surface area contributed by atoms with Crippen molar-refractivity contribution >= 4 is 44.3 Å². The van der Waals surface area contributed by atoms with Gasteiger partial charge < -0.3 is 20.5 Å². The van der Waals surface area contributed by atoms with E-state index in [1.165, 1.54) is 28.1 Å². The molecular weight excluding hydrogens is 468 g/mol. The summed E-state index contributed by atoms with van der Waals surface area (Å²) in [5.41, 5.74) is 11.3. The maximum atomic E-state index is 13.8. The number of pyridine rings is 1. The van der Waals surface area contributed by atoms with Gasteiger partial charge in [-0.2, -0.15) is 0 Å². The van der Waals surface area contributed by atoms with Crippen molar-refractivity contribution in [3.8, 4) is 0 Å². The van der Waals surface area contributed by atoms with Gasteiger partial charge in [0.2, 0.25) is 0 Å². The zero-order valence-corrected chi connectivity index (χ0v) is 22.1. The fourth-order valence-electron chi connectivity index (χ4n) is 5.76. The van der Waals surface area contributed by atoms with Gasteiger partial charge in [0.15, 0.2) is 0 Å². The molecule has 188 valence electrons. The second-order valence-corrected chi connectivity index (χ2v) is 11.9. The lowest BCUT2D eigenvalue weighted by atomic mass is 9.89. The van der Waals surface area contributed by atoms with Gasteiger partial charge >= 0.3 is 0 Å². The van der Waals surface area contributed by atoms with Crippen LogP contribution in [0.15, 0.2) is 30.3 Å². The van der Waals surface area contributed by atoms with E-state index < -0.39 is 0 Å². The highest BCUT2D eigenvalue weighted by Gasteiger charge is 2.33. The average Bonchev–Trinajstić information content (AvgIpc) is 3.48. The van der Waals surface area contributed by atoms with Crippen LogP contribution < -0.4 is 5.73 Å². The standard InChI is InChI=1S/C28H34N6OS/c1-16-4-6-24(34(15-16)28(35)23-14-21-20(30-23)12-17(2)26(29)31-21)19-5-7-25-22(13-19)32-27(36-25)18-8-10-33(3)11-9-18/h5,7,12-14,16,18,24,30H,4,6,8-11,15H2,1-3H3,(H2,29,31)/t16-,24+/m0/s1. The number of H-pyrrole nitrogens is 1. The van der Waals surface area contributed by atoms with Crippen molar-refractivity contribution in [3.05, 3.63) is 52.2 Å². The molecule has 0 bridgehead atoms. The number of anilines is 1. The molecule has 1 amide bonds. The maximum absolute atomic E-state index is 13.8. The number of aryl methyl sites for hydroxylation is 1. The Kier molecular flexibility index (Phi) is 5.96. The Bertz CT molecular complexity index is 1390. The summed E-state index contributed by atoms with van der Waals surface area (Å²) < 4.78 is 1.24. The predicted octanol–water partition coefficient (Wildman–Crippen LogP) is 5.49. The van der Waals surface area contributed by atoms with E-state index in [1.54, 1.807) is 0 Å². The Balaban J connectivity index is 1.30. The summed E-state index contributed by atoms with van der Waals surface area (Å²) in [5.74, 6) is 1.54. The van der Waals surface area contributed by atoms with E-state index >= 15 is 0 Å². The van der Waals surface area contributed by atoms with E-state index in [0.717, 1.165) is 54.6 Å². The maximum Gasteiger partial charge on any atom is 0.270 e. The summed E-state index contributed by atoms with van der Waals surface area (Å²) in [6.07, 6.45) is 4.41. The number of piperidine rings is 2. The van der Waals surface area contributed by atoms with Gasteiger partial charge in [-0.05, 0) is 94.1 Å². The van der Waals surface area contributed by atoms with Crippen LogP contribution in [-0.4, -0.2) is 57.3 Å². The van der Waals surface area contributed by atoms with Crippen molar-refractivity contribution in [3.63, 3.8) is 0 Å². The van der Waals surface area contributed by atoms with Crippen molar-refractivity contribution in [1.82, 2.24) is 24.8 Å². The number of nitrogens with one attached hydrogen (secondary N) is 1. The fraction of sp³-hybridized carbons (Fsp3) is 0.464. The van der Waals surface area contributed by atoms with E-state index in [0.29, 0.717) is 23.3 Å². The highest BCUT2D eigenvalue weighted by atomic mass is 32.1. The molecule has 3 N–H and O–H groups in total. The minimum absolute atomic E-state index is 0.0196. The molecule has 0 spiro atoms. The first-order valence-corrected chi connectivity index (χ1v) is 13.8. The topological polar surface area (TPSA) is 91.1 Å². The fourth-order valence-corrected chi connectivity index (χ4v) is 6.88. The quantitative estimate of drug-likeness (QED) is 0.387. The van der Waals surface area contributed by atoms with E-state index in [2.05, 4.69) is 47.0 Å². The summed E-state index contributed by atoms with van der Waals surface area (Å²) in [7, 11) is 2.20. The molecule has 7 nitrogen and oxygen atoms in total. The van der Waals surface area contributed by atoms with Gasteiger partial charge in [0.05, 0.1) is 32.3 Å². The van der Waals surface area contributed by atoms with E-state index in [4.69, 9.17) is 10.7 Å². The lowest BCUT2D eigenvalue weighted by Crippen LogP contribution is -2.41. The third-order valence-corrected chi connectivity index (χ3v) is 9.22. The molecule has 2 aliphatic heterocycles. The zero-order chi connectivity index (χ0) is 25.0. The molecule has 5 heterocycles. The van der Waals surface area contributed by atoms with Crippen LogP contribution in [0.25, 0.3) is 21.3 Å². The normalized spacial score (nSPS) is 22.0. The van der Waals surface area contributed by atoms with Gasteiger partial charge in [0, 0.05) is 12.5 Å². The molecule has 0 saturated carbocycles. The molecule has 1 aromatic carbocycles. The predicted molar refractivity (Wildman–Crippen MR) is 147 cm³/mol. The van der Waals surface area contributed by atoms with Gasteiger partial charge in [-0.15, -0.1) is 11.3 Å². The molecular formula is C28H34N6OS. The summed E-state index contributed by atoms with van der Waals surface area (Å²) in [6, 6.07) is 10.5. The molecule has 8 heteroatoms. The van der Waals surface area contributed by atoms with Crippen LogP contribution in [0, 0.1) is 12.8 Å². The number of carbonyl (C=O) groups is 1. The van der Waals surface area contributed by atoms with Crippen LogP contribution in [0.5, 0.6) is 0 Å². The lowest BCUT2D eigenvalue weighted by molar-refractivity contribution is 0.0539. The lowest BCUT2D eigenvalue weighted by Gasteiger charge is -2.38.